The van der Waals surface area contributed by atoms with E-state index in [9.17, 15) is 4.79 Å². The summed E-state index contributed by atoms with van der Waals surface area (Å²) < 4.78 is 14.2. The molecule has 0 bridgehead atoms. The van der Waals surface area contributed by atoms with Crippen LogP contribution in [-0.4, -0.2) is 46.8 Å². The first kappa shape index (κ1) is 21.4. The van der Waals surface area contributed by atoms with Gasteiger partial charge in [-0.25, -0.2) is 0 Å². The largest absolute Gasteiger partial charge is 0.490 e. The van der Waals surface area contributed by atoms with Gasteiger partial charge in [-0.1, -0.05) is 43.3 Å². The lowest BCUT2D eigenvalue weighted by Gasteiger charge is -2.35. The van der Waals surface area contributed by atoms with Crippen LogP contribution in [-0.2, 0) is 11.3 Å². The van der Waals surface area contributed by atoms with E-state index in [-0.39, 0.29) is 24.2 Å². The monoisotopic (exact) mass is 420 g/mol. The summed E-state index contributed by atoms with van der Waals surface area (Å²) in [5, 5.41) is 0.983. The highest BCUT2D eigenvalue weighted by atomic mass is 16.5. The van der Waals surface area contributed by atoms with Crippen LogP contribution in [0.4, 0.5) is 0 Å². The van der Waals surface area contributed by atoms with Crippen molar-refractivity contribution in [1.29, 1.82) is 0 Å². The fraction of sp³-hybridized carbons (Fsp3) is 0.423. The van der Waals surface area contributed by atoms with Gasteiger partial charge in [-0.3, -0.25) is 4.79 Å². The van der Waals surface area contributed by atoms with Crippen LogP contribution in [0.25, 0.3) is 10.9 Å². The molecule has 3 atom stereocenters. The number of rotatable bonds is 6. The normalized spacial score (nSPS) is 20.1. The van der Waals surface area contributed by atoms with Crippen LogP contribution in [0.15, 0.2) is 54.6 Å². The lowest BCUT2D eigenvalue weighted by molar-refractivity contribution is -0.0588. The van der Waals surface area contributed by atoms with Gasteiger partial charge in [0.15, 0.2) is 0 Å². The number of benzene rings is 2. The average Bonchev–Trinajstić information content (AvgIpc) is 3.12. The van der Waals surface area contributed by atoms with E-state index in [4.69, 9.17) is 9.47 Å². The summed E-state index contributed by atoms with van der Waals surface area (Å²) in [5.74, 6) is 0.875. The van der Waals surface area contributed by atoms with Crippen LogP contribution in [0.2, 0.25) is 0 Å². The highest BCUT2D eigenvalue weighted by Crippen LogP contribution is 2.31. The van der Waals surface area contributed by atoms with E-state index < -0.39 is 0 Å². The molecule has 1 aliphatic heterocycles. The summed E-state index contributed by atoms with van der Waals surface area (Å²) in [5.41, 5.74) is 2.87. The molecule has 0 aliphatic carbocycles. The van der Waals surface area contributed by atoms with Gasteiger partial charge >= 0.3 is 0 Å². The molecule has 3 unspecified atom stereocenters. The third kappa shape index (κ3) is 4.62. The number of aromatic nitrogens is 1. The van der Waals surface area contributed by atoms with E-state index in [2.05, 4.69) is 36.6 Å². The Balaban J connectivity index is 1.79. The van der Waals surface area contributed by atoms with Crippen LogP contribution < -0.4 is 4.74 Å². The van der Waals surface area contributed by atoms with Gasteiger partial charge in [0.25, 0.3) is 5.91 Å². The van der Waals surface area contributed by atoms with Crippen LogP contribution in [0.3, 0.4) is 0 Å². The first-order valence-electron chi connectivity index (χ1n) is 11.2. The fourth-order valence-electron chi connectivity index (χ4n) is 4.28. The molecule has 164 valence electrons. The molecule has 1 amide bonds. The summed E-state index contributed by atoms with van der Waals surface area (Å²) in [6, 6.07) is 18.3. The van der Waals surface area contributed by atoms with Gasteiger partial charge in [-0.2, -0.15) is 0 Å². The van der Waals surface area contributed by atoms with Crippen molar-refractivity contribution >= 4 is 16.8 Å². The first-order valence-corrected chi connectivity index (χ1v) is 11.2. The molecule has 0 radical (unpaired) electrons. The maximum atomic E-state index is 13.7. The minimum atomic E-state index is 0.0314. The van der Waals surface area contributed by atoms with Crippen LogP contribution >= 0.6 is 0 Å². The fourth-order valence-corrected chi connectivity index (χ4v) is 4.28. The zero-order chi connectivity index (χ0) is 22.0. The van der Waals surface area contributed by atoms with Crippen molar-refractivity contribution in [2.45, 2.75) is 59.0 Å². The Morgan fingerprint density at radius 3 is 2.48 bits per heavy atom. The molecule has 0 spiro atoms. The third-order valence-electron chi connectivity index (χ3n) is 5.92. The number of nitrogens with zero attached hydrogens (tertiary/aromatic N) is 2. The van der Waals surface area contributed by atoms with Gasteiger partial charge < -0.3 is 18.9 Å². The second-order valence-electron chi connectivity index (χ2n) is 8.59. The molecule has 1 fully saturated rings. The van der Waals surface area contributed by atoms with Crippen molar-refractivity contribution in [1.82, 2.24) is 9.47 Å². The van der Waals surface area contributed by atoms with Crippen molar-refractivity contribution < 1.29 is 14.3 Å². The van der Waals surface area contributed by atoms with Crippen molar-refractivity contribution in [2.24, 2.45) is 0 Å². The minimum Gasteiger partial charge on any atom is -0.490 e. The van der Waals surface area contributed by atoms with Gasteiger partial charge in [0.1, 0.15) is 11.4 Å². The number of hydrogen-bond acceptors (Lipinski definition) is 3. The highest BCUT2D eigenvalue weighted by Gasteiger charge is 2.29. The van der Waals surface area contributed by atoms with Gasteiger partial charge in [-0.05, 0) is 51.0 Å². The predicted molar refractivity (Wildman–Crippen MR) is 124 cm³/mol. The van der Waals surface area contributed by atoms with E-state index in [1.807, 2.05) is 55.1 Å². The molecule has 5 heteroatoms. The maximum absolute atomic E-state index is 13.7. The smallest absolute Gasteiger partial charge is 0.270 e. The van der Waals surface area contributed by atoms with Crippen molar-refractivity contribution in [2.75, 3.05) is 13.1 Å². The zero-order valence-corrected chi connectivity index (χ0v) is 18.9. The molecule has 0 saturated carbocycles. The molecular formula is C26H32N2O3. The lowest BCUT2D eigenvalue weighted by Crippen LogP contribution is -2.48. The Morgan fingerprint density at radius 1 is 1.10 bits per heavy atom. The molecule has 1 aromatic heterocycles. The molecule has 5 nitrogen and oxygen atoms in total. The van der Waals surface area contributed by atoms with Crippen molar-refractivity contribution in [3.8, 4) is 5.75 Å². The summed E-state index contributed by atoms with van der Waals surface area (Å²) in [4.78, 5) is 15.6. The number of carbonyl (C=O) groups excluding carboxylic acids is 1. The summed E-state index contributed by atoms with van der Waals surface area (Å²) in [6.45, 7) is 10.1. The van der Waals surface area contributed by atoms with Gasteiger partial charge in [0.05, 0.1) is 23.8 Å². The lowest BCUT2D eigenvalue weighted by atomic mass is 10.2. The van der Waals surface area contributed by atoms with Crippen LogP contribution in [0.1, 0.15) is 50.2 Å². The topological polar surface area (TPSA) is 43.7 Å². The van der Waals surface area contributed by atoms with E-state index in [0.29, 0.717) is 25.3 Å². The van der Waals surface area contributed by atoms with Crippen molar-refractivity contribution in [3.05, 3.63) is 65.9 Å². The maximum Gasteiger partial charge on any atom is 0.270 e. The molecular weight excluding hydrogens is 388 g/mol. The summed E-state index contributed by atoms with van der Waals surface area (Å²) >= 11 is 0. The van der Waals surface area contributed by atoms with E-state index in [1.54, 1.807) is 0 Å². The van der Waals surface area contributed by atoms with Gasteiger partial charge in [0.2, 0.25) is 0 Å². The van der Waals surface area contributed by atoms with Crippen LogP contribution in [0, 0.1) is 0 Å². The Hall–Kier alpha value is -2.79. The highest BCUT2D eigenvalue weighted by molar-refractivity contribution is 6.00. The molecule has 1 aliphatic rings. The number of morpholine rings is 1. The summed E-state index contributed by atoms with van der Waals surface area (Å²) in [6.07, 6.45) is 1.10. The third-order valence-corrected chi connectivity index (χ3v) is 5.92. The van der Waals surface area contributed by atoms with Crippen molar-refractivity contribution in [3.63, 3.8) is 0 Å². The number of fused-ring (bicyclic) bond motifs is 1. The summed E-state index contributed by atoms with van der Waals surface area (Å²) in [7, 11) is 0. The van der Waals surface area contributed by atoms with E-state index in [1.165, 1.54) is 0 Å². The second kappa shape index (κ2) is 9.15. The second-order valence-corrected chi connectivity index (χ2v) is 8.59. The number of ether oxygens (including phenoxy) is 2. The Labute approximate surface area is 184 Å². The standard InChI is InChI=1S/C26H32N2O3/c1-5-18(2)31-25-13-9-12-23-22(25)14-24(28(23)17-21-10-7-6-8-11-21)26(29)27-15-19(3)30-20(4)16-27/h6-14,18-20H,5,15-17H2,1-4H3. The molecule has 4 rings (SSSR count). The molecule has 2 heterocycles. The molecule has 2 aromatic carbocycles. The number of hydrogen-bond donors (Lipinski definition) is 0. The Bertz CT molecular complexity index is 1030. The number of amides is 1. The Morgan fingerprint density at radius 2 is 1.81 bits per heavy atom. The molecule has 31 heavy (non-hydrogen) atoms. The average molecular weight is 421 g/mol. The quantitative estimate of drug-likeness (QED) is 0.556. The minimum absolute atomic E-state index is 0.0314. The number of carbonyl (C=O) groups is 1. The van der Waals surface area contributed by atoms with E-state index in [0.717, 1.165) is 28.6 Å². The molecule has 1 saturated heterocycles. The predicted octanol–water partition coefficient (Wildman–Crippen LogP) is 5.12. The van der Waals surface area contributed by atoms with E-state index >= 15 is 0 Å². The van der Waals surface area contributed by atoms with Gasteiger partial charge in [-0.15, -0.1) is 0 Å². The zero-order valence-electron chi connectivity index (χ0n) is 18.9. The SMILES string of the molecule is CCC(C)Oc1cccc2c1cc(C(=O)N1CC(C)OC(C)C1)n2Cc1ccccc1. The van der Waals surface area contributed by atoms with Gasteiger partial charge in [0, 0.05) is 25.0 Å². The van der Waals surface area contributed by atoms with Crippen LogP contribution in [0.5, 0.6) is 5.75 Å². The Kier molecular flexibility index (Phi) is 6.33. The molecule has 0 N–H and O–H groups in total. The first-order chi connectivity index (χ1) is 15.0. The molecule has 3 aromatic rings.